The summed E-state index contributed by atoms with van der Waals surface area (Å²) in [5, 5.41) is 5.43. The third-order valence-electron chi connectivity index (χ3n) is 2.69. The average Bonchev–Trinajstić information content (AvgIpc) is 3.03. The summed E-state index contributed by atoms with van der Waals surface area (Å²) >= 11 is 1.73. The largest absolute Gasteiger partial charge is 0.383 e. The highest BCUT2D eigenvalue weighted by Crippen LogP contribution is 2.22. The Bertz CT molecular complexity index is 439. The van der Waals surface area contributed by atoms with Crippen molar-refractivity contribution in [2.75, 3.05) is 26.8 Å². The highest BCUT2D eigenvalue weighted by molar-refractivity contribution is 7.13. The summed E-state index contributed by atoms with van der Waals surface area (Å²) in [6.07, 6.45) is 5.01. The van der Waals surface area contributed by atoms with Crippen LogP contribution in [-0.4, -0.2) is 36.4 Å². The number of hydrogen-bond acceptors (Lipinski definition) is 4. The van der Waals surface area contributed by atoms with Crippen molar-refractivity contribution >= 4 is 11.3 Å². The van der Waals surface area contributed by atoms with Gasteiger partial charge in [-0.25, -0.2) is 4.98 Å². The molecule has 0 spiro atoms. The van der Waals surface area contributed by atoms with Gasteiger partial charge in [0.2, 0.25) is 0 Å². The van der Waals surface area contributed by atoms with Gasteiger partial charge in [0.1, 0.15) is 5.82 Å². The van der Waals surface area contributed by atoms with Gasteiger partial charge in [0.05, 0.1) is 11.5 Å². The van der Waals surface area contributed by atoms with Crippen LogP contribution >= 0.6 is 11.3 Å². The number of methoxy groups -OCH3 is 1. The highest BCUT2D eigenvalue weighted by atomic mass is 32.1. The molecule has 0 amide bonds. The Kier molecular flexibility index (Phi) is 5.38. The van der Waals surface area contributed by atoms with E-state index in [4.69, 9.17) is 4.74 Å². The van der Waals surface area contributed by atoms with Crippen LogP contribution in [0.2, 0.25) is 0 Å². The molecule has 0 aliphatic heterocycles. The Hall–Kier alpha value is -1.17. The summed E-state index contributed by atoms with van der Waals surface area (Å²) in [7, 11) is 1.72. The van der Waals surface area contributed by atoms with E-state index in [1.807, 2.05) is 12.4 Å². The molecule has 0 aliphatic rings. The standard InChI is InChI=1S/C13H19N3OS/c1-17-10-7-14-5-3-8-16-9-6-15-13(16)12-4-2-11-18-12/h2,4,6,9,11,14H,3,5,7-8,10H2,1H3. The molecule has 2 aromatic rings. The van der Waals surface area contributed by atoms with Gasteiger partial charge in [0.15, 0.2) is 0 Å². The van der Waals surface area contributed by atoms with Crippen LogP contribution in [0.5, 0.6) is 0 Å². The Morgan fingerprint density at radius 1 is 1.44 bits per heavy atom. The van der Waals surface area contributed by atoms with Crippen molar-refractivity contribution in [3.8, 4) is 10.7 Å². The predicted octanol–water partition coefficient (Wildman–Crippen LogP) is 2.24. The molecule has 0 unspecified atom stereocenters. The van der Waals surface area contributed by atoms with Crippen molar-refractivity contribution in [1.82, 2.24) is 14.9 Å². The van der Waals surface area contributed by atoms with E-state index in [2.05, 4.69) is 32.4 Å². The first-order valence-electron chi connectivity index (χ1n) is 6.16. The van der Waals surface area contributed by atoms with E-state index in [1.165, 1.54) is 4.88 Å². The van der Waals surface area contributed by atoms with Crippen molar-refractivity contribution in [2.45, 2.75) is 13.0 Å². The second kappa shape index (κ2) is 7.31. The monoisotopic (exact) mass is 265 g/mol. The molecule has 0 saturated carbocycles. The molecule has 98 valence electrons. The number of ether oxygens (including phenoxy) is 1. The van der Waals surface area contributed by atoms with Crippen LogP contribution in [0.1, 0.15) is 6.42 Å². The minimum absolute atomic E-state index is 0.769. The SMILES string of the molecule is COCCNCCCn1ccnc1-c1cccs1. The number of nitrogens with zero attached hydrogens (tertiary/aromatic N) is 2. The van der Waals surface area contributed by atoms with Crippen molar-refractivity contribution < 1.29 is 4.74 Å². The van der Waals surface area contributed by atoms with Gasteiger partial charge in [-0.15, -0.1) is 11.3 Å². The molecule has 0 fully saturated rings. The zero-order valence-electron chi connectivity index (χ0n) is 10.6. The van der Waals surface area contributed by atoms with Gasteiger partial charge in [-0.3, -0.25) is 0 Å². The Balaban J connectivity index is 1.78. The molecule has 0 saturated heterocycles. The first-order valence-corrected chi connectivity index (χ1v) is 7.04. The third kappa shape index (κ3) is 3.66. The molecule has 2 heterocycles. The summed E-state index contributed by atoms with van der Waals surface area (Å²) in [5.74, 6) is 1.07. The quantitative estimate of drug-likeness (QED) is 0.744. The third-order valence-corrected chi connectivity index (χ3v) is 3.56. The van der Waals surface area contributed by atoms with E-state index >= 15 is 0 Å². The van der Waals surface area contributed by atoms with E-state index in [-0.39, 0.29) is 0 Å². The number of imidazole rings is 1. The minimum atomic E-state index is 0.769. The summed E-state index contributed by atoms with van der Waals surface area (Å²) in [4.78, 5) is 5.65. The smallest absolute Gasteiger partial charge is 0.149 e. The van der Waals surface area contributed by atoms with Crippen LogP contribution in [0, 0.1) is 0 Å². The maximum atomic E-state index is 4.99. The molecule has 2 rings (SSSR count). The van der Waals surface area contributed by atoms with Gasteiger partial charge in [-0.05, 0) is 24.4 Å². The number of thiophene rings is 1. The first-order chi connectivity index (χ1) is 8.92. The van der Waals surface area contributed by atoms with Crippen LogP contribution in [-0.2, 0) is 11.3 Å². The van der Waals surface area contributed by atoms with Gasteiger partial charge in [-0.2, -0.15) is 0 Å². The van der Waals surface area contributed by atoms with Gasteiger partial charge >= 0.3 is 0 Å². The zero-order valence-corrected chi connectivity index (χ0v) is 11.4. The second-order valence-corrected chi connectivity index (χ2v) is 4.97. The van der Waals surface area contributed by atoms with Crippen molar-refractivity contribution in [2.24, 2.45) is 0 Å². The van der Waals surface area contributed by atoms with Crippen LogP contribution in [0.4, 0.5) is 0 Å². The molecule has 4 nitrogen and oxygen atoms in total. The fourth-order valence-corrected chi connectivity index (χ4v) is 2.53. The molecule has 0 atom stereocenters. The summed E-state index contributed by atoms with van der Waals surface area (Å²) in [6.45, 7) is 3.68. The maximum absolute atomic E-state index is 4.99. The lowest BCUT2D eigenvalue weighted by atomic mass is 10.4. The van der Waals surface area contributed by atoms with Crippen LogP contribution in [0.25, 0.3) is 10.7 Å². The lowest BCUT2D eigenvalue weighted by Crippen LogP contribution is -2.21. The fourth-order valence-electron chi connectivity index (χ4n) is 1.79. The number of nitrogens with one attached hydrogen (secondary N) is 1. The molecule has 18 heavy (non-hydrogen) atoms. The van der Waals surface area contributed by atoms with E-state index in [1.54, 1.807) is 18.4 Å². The molecule has 1 N–H and O–H groups in total. The molecule has 0 radical (unpaired) electrons. The van der Waals surface area contributed by atoms with Crippen LogP contribution in [0.3, 0.4) is 0 Å². The van der Waals surface area contributed by atoms with Crippen molar-refractivity contribution in [3.63, 3.8) is 0 Å². The maximum Gasteiger partial charge on any atom is 0.149 e. The second-order valence-electron chi connectivity index (χ2n) is 4.02. The summed E-state index contributed by atoms with van der Waals surface area (Å²) < 4.78 is 7.20. The Morgan fingerprint density at radius 3 is 3.17 bits per heavy atom. The number of rotatable bonds is 8. The Morgan fingerprint density at radius 2 is 2.39 bits per heavy atom. The number of aryl methyl sites for hydroxylation is 1. The lowest BCUT2D eigenvalue weighted by molar-refractivity contribution is 0.199. The molecule has 2 aromatic heterocycles. The molecule has 0 aromatic carbocycles. The zero-order chi connectivity index (χ0) is 12.6. The van der Waals surface area contributed by atoms with Crippen molar-refractivity contribution in [3.05, 3.63) is 29.9 Å². The fraction of sp³-hybridized carbons (Fsp3) is 0.462. The van der Waals surface area contributed by atoms with Crippen LogP contribution < -0.4 is 5.32 Å². The van der Waals surface area contributed by atoms with E-state index in [0.29, 0.717) is 0 Å². The highest BCUT2D eigenvalue weighted by Gasteiger charge is 2.05. The minimum Gasteiger partial charge on any atom is -0.383 e. The van der Waals surface area contributed by atoms with Gasteiger partial charge in [-0.1, -0.05) is 6.07 Å². The van der Waals surface area contributed by atoms with E-state index < -0.39 is 0 Å². The Labute approximate surface area is 112 Å². The van der Waals surface area contributed by atoms with Gasteiger partial charge in [0, 0.05) is 32.6 Å². The van der Waals surface area contributed by atoms with Crippen molar-refractivity contribution in [1.29, 1.82) is 0 Å². The summed E-state index contributed by atoms with van der Waals surface area (Å²) in [6, 6.07) is 4.17. The lowest BCUT2D eigenvalue weighted by Gasteiger charge is -2.07. The van der Waals surface area contributed by atoms with E-state index in [9.17, 15) is 0 Å². The molecule has 0 aliphatic carbocycles. The molecule has 0 bridgehead atoms. The van der Waals surface area contributed by atoms with Gasteiger partial charge < -0.3 is 14.6 Å². The van der Waals surface area contributed by atoms with E-state index in [0.717, 1.165) is 38.5 Å². The topological polar surface area (TPSA) is 39.1 Å². The number of hydrogen-bond donors (Lipinski definition) is 1. The van der Waals surface area contributed by atoms with Crippen LogP contribution in [0.15, 0.2) is 29.9 Å². The molecular weight excluding hydrogens is 246 g/mol. The molecular formula is C13H19N3OS. The normalized spacial score (nSPS) is 10.9. The van der Waals surface area contributed by atoms with Gasteiger partial charge in [0.25, 0.3) is 0 Å². The molecule has 5 heteroatoms. The summed E-state index contributed by atoms with van der Waals surface area (Å²) in [5.41, 5.74) is 0. The average molecular weight is 265 g/mol. The predicted molar refractivity (Wildman–Crippen MR) is 74.9 cm³/mol. The first kappa shape index (κ1) is 13.3. The number of aromatic nitrogens is 2.